The predicted molar refractivity (Wildman–Crippen MR) is 52.3 cm³/mol. The van der Waals surface area contributed by atoms with E-state index in [0.29, 0.717) is 0 Å². The lowest BCUT2D eigenvalue weighted by molar-refractivity contribution is -0.871. The Balaban J connectivity index is 2.46. The van der Waals surface area contributed by atoms with Crippen molar-refractivity contribution in [1.82, 2.24) is 15.0 Å². The first kappa shape index (κ1) is 10.2. The van der Waals surface area contributed by atoms with Crippen LogP contribution in [0.5, 0.6) is 0 Å². The fourth-order valence-electron chi connectivity index (χ4n) is 1.01. The summed E-state index contributed by atoms with van der Waals surface area (Å²) in [5.74, 6) is 0. The van der Waals surface area contributed by atoms with E-state index in [2.05, 4.69) is 38.4 Å². The fourth-order valence-corrected chi connectivity index (χ4v) is 1.01. The van der Waals surface area contributed by atoms with Gasteiger partial charge in [-0.05, 0) is 6.42 Å². The van der Waals surface area contributed by atoms with Gasteiger partial charge in [0.25, 0.3) is 0 Å². The molecular weight excluding hydrogens is 164 g/mol. The van der Waals surface area contributed by atoms with E-state index >= 15 is 0 Å². The summed E-state index contributed by atoms with van der Waals surface area (Å²) < 4.78 is 2.88. The van der Waals surface area contributed by atoms with Crippen LogP contribution < -0.4 is 0 Å². The van der Waals surface area contributed by atoms with Crippen LogP contribution in [-0.2, 0) is 13.0 Å². The molecule has 1 heterocycles. The van der Waals surface area contributed by atoms with Gasteiger partial charge in [0.05, 0.1) is 39.9 Å². The SMILES string of the molecule is CCc1cn(CC[N+](C)(C)C)nn1. The molecule has 1 rings (SSSR count). The summed E-state index contributed by atoms with van der Waals surface area (Å²) in [5.41, 5.74) is 1.07. The minimum Gasteiger partial charge on any atom is -0.329 e. The monoisotopic (exact) mass is 183 g/mol. The minimum atomic E-state index is 0.941. The van der Waals surface area contributed by atoms with E-state index in [9.17, 15) is 0 Å². The average Bonchev–Trinajstić information content (AvgIpc) is 2.47. The summed E-state index contributed by atoms with van der Waals surface area (Å²) in [6.07, 6.45) is 2.99. The molecule has 1 aromatic heterocycles. The van der Waals surface area contributed by atoms with E-state index in [0.717, 1.165) is 29.7 Å². The summed E-state index contributed by atoms with van der Waals surface area (Å²) in [6.45, 7) is 4.11. The van der Waals surface area contributed by atoms with Crippen LogP contribution >= 0.6 is 0 Å². The Labute approximate surface area is 79.8 Å². The Bertz CT molecular complexity index is 259. The van der Waals surface area contributed by atoms with Gasteiger partial charge in [-0.15, -0.1) is 5.10 Å². The number of quaternary nitrogens is 1. The zero-order valence-electron chi connectivity index (χ0n) is 8.99. The molecule has 0 aliphatic carbocycles. The average molecular weight is 183 g/mol. The third-order valence-corrected chi connectivity index (χ3v) is 1.95. The molecule has 74 valence electrons. The first-order valence-corrected chi connectivity index (χ1v) is 4.71. The minimum absolute atomic E-state index is 0.941. The lowest BCUT2D eigenvalue weighted by atomic mass is 10.4. The molecule has 0 amide bonds. The molecule has 4 nitrogen and oxygen atoms in total. The van der Waals surface area contributed by atoms with Crippen LogP contribution in [0.25, 0.3) is 0 Å². The fraction of sp³-hybridized carbons (Fsp3) is 0.778. The Morgan fingerprint density at radius 3 is 2.54 bits per heavy atom. The zero-order valence-corrected chi connectivity index (χ0v) is 8.99. The maximum Gasteiger partial charge on any atom is 0.0980 e. The molecule has 0 saturated heterocycles. The second-order valence-electron chi connectivity index (χ2n) is 4.34. The molecule has 0 aliphatic heterocycles. The van der Waals surface area contributed by atoms with Crippen molar-refractivity contribution in [2.45, 2.75) is 19.9 Å². The van der Waals surface area contributed by atoms with E-state index in [1.54, 1.807) is 0 Å². The van der Waals surface area contributed by atoms with Gasteiger partial charge in [0, 0.05) is 6.20 Å². The molecule has 0 aliphatic rings. The highest BCUT2D eigenvalue weighted by molar-refractivity contribution is 4.90. The van der Waals surface area contributed by atoms with Gasteiger partial charge in [-0.25, -0.2) is 4.68 Å². The molecule has 4 heteroatoms. The third kappa shape index (κ3) is 3.55. The first-order valence-electron chi connectivity index (χ1n) is 4.71. The van der Waals surface area contributed by atoms with E-state index in [1.165, 1.54) is 0 Å². The second-order valence-corrected chi connectivity index (χ2v) is 4.34. The smallest absolute Gasteiger partial charge is 0.0980 e. The van der Waals surface area contributed by atoms with Gasteiger partial charge in [-0.3, -0.25) is 0 Å². The van der Waals surface area contributed by atoms with Gasteiger partial charge < -0.3 is 4.48 Å². The maximum atomic E-state index is 4.05. The molecule has 0 N–H and O–H groups in total. The van der Waals surface area contributed by atoms with Crippen LogP contribution in [0.4, 0.5) is 0 Å². The lowest BCUT2D eigenvalue weighted by Crippen LogP contribution is -2.37. The van der Waals surface area contributed by atoms with Crippen molar-refractivity contribution in [1.29, 1.82) is 0 Å². The molecule has 0 bridgehead atoms. The highest BCUT2D eigenvalue weighted by Gasteiger charge is 2.07. The standard InChI is InChI=1S/C9H19N4/c1-5-9-8-12(11-10-9)6-7-13(2,3)4/h8H,5-7H2,1-4H3/q+1. The molecule has 0 radical (unpaired) electrons. The highest BCUT2D eigenvalue weighted by Crippen LogP contribution is 1.96. The molecule has 0 fully saturated rings. The number of rotatable bonds is 4. The Kier molecular flexibility index (Phi) is 3.03. The van der Waals surface area contributed by atoms with Crippen molar-refractivity contribution in [2.75, 3.05) is 27.7 Å². The molecule has 0 atom stereocenters. The number of aryl methyl sites for hydroxylation is 1. The number of nitrogens with zero attached hydrogens (tertiary/aromatic N) is 4. The summed E-state index contributed by atoms with van der Waals surface area (Å²) in [7, 11) is 6.53. The lowest BCUT2D eigenvalue weighted by Gasteiger charge is -2.23. The van der Waals surface area contributed by atoms with Gasteiger partial charge >= 0.3 is 0 Å². The Hall–Kier alpha value is -0.900. The molecule has 0 aromatic carbocycles. The van der Waals surface area contributed by atoms with Gasteiger partial charge in [0.1, 0.15) is 0 Å². The summed E-state index contributed by atoms with van der Waals surface area (Å²) >= 11 is 0. The molecule has 1 aromatic rings. The number of likely N-dealkylation sites (N-methyl/N-ethyl adjacent to an activating group) is 1. The van der Waals surface area contributed by atoms with Crippen molar-refractivity contribution >= 4 is 0 Å². The van der Waals surface area contributed by atoms with Gasteiger partial charge in [-0.1, -0.05) is 12.1 Å². The summed E-state index contributed by atoms with van der Waals surface area (Å²) in [4.78, 5) is 0. The highest BCUT2D eigenvalue weighted by atomic mass is 15.4. The van der Waals surface area contributed by atoms with Crippen molar-refractivity contribution in [3.05, 3.63) is 11.9 Å². The van der Waals surface area contributed by atoms with Gasteiger partial charge in [-0.2, -0.15) is 0 Å². The second kappa shape index (κ2) is 3.87. The Morgan fingerprint density at radius 1 is 1.38 bits per heavy atom. The maximum absolute atomic E-state index is 4.05. The molecule has 0 unspecified atom stereocenters. The third-order valence-electron chi connectivity index (χ3n) is 1.95. The van der Waals surface area contributed by atoms with Crippen LogP contribution in [-0.4, -0.2) is 47.2 Å². The van der Waals surface area contributed by atoms with E-state index in [1.807, 2.05) is 10.9 Å². The van der Waals surface area contributed by atoms with Crippen LogP contribution in [0, 0.1) is 0 Å². The quantitative estimate of drug-likeness (QED) is 0.638. The molecule has 13 heavy (non-hydrogen) atoms. The van der Waals surface area contributed by atoms with Crippen LogP contribution in [0.2, 0.25) is 0 Å². The first-order chi connectivity index (χ1) is 6.01. The summed E-state index contributed by atoms with van der Waals surface area (Å²) in [5, 5.41) is 8.09. The van der Waals surface area contributed by atoms with Crippen molar-refractivity contribution < 1.29 is 4.48 Å². The van der Waals surface area contributed by atoms with Crippen molar-refractivity contribution in [3.8, 4) is 0 Å². The van der Waals surface area contributed by atoms with Crippen LogP contribution in [0.1, 0.15) is 12.6 Å². The van der Waals surface area contributed by atoms with Crippen LogP contribution in [0.3, 0.4) is 0 Å². The van der Waals surface area contributed by atoms with E-state index in [-0.39, 0.29) is 0 Å². The van der Waals surface area contributed by atoms with Crippen molar-refractivity contribution in [2.24, 2.45) is 0 Å². The van der Waals surface area contributed by atoms with Gasteiger partial charge in [0.15, 0.2) is 0 Å². The number of hydrogen-bond donors (Lipinski definition) is 0. The van der Waals surface area contributed by atoms with Crippen LogP contribution in [0.15, 0.2) is 6.20 Å². The predicted octanol–water partition coefficient (Wildman–Crippen LogP) is 0.547. The van der Waals surface area contributed by atoms with E-state index < -0.39 is 0 Å². The normalized spacial score (nSPS) is 12.0. The number of hydrogen-bond acceptors (Lipinski definition) is 2. The summed E-state index contributed by atoms with van der Waals surface area (Å²) in [6, 6.07) is 0. The number of aromatic nitrogens is 3. The molecular formula is C9H19N4+. The Morgan fingerprint density at radius 2 is 2.08 bits per heavy atom. The van der Waals surface area contributed by atoms with Crippen molar-refractivity contribution in [3.63, 3.8) is 0 Å². The molecule has 0 spiro atoms. The van der Waals surface area contributed by atoms with E-state index in [4.69, 9.17) is 0 Å². The largest absolute Gasteiger partial charge is 0.329 e. The van der Waals surface area contributed by atoms with Gasteiger partial charge in [0.2, 0.25) is 0 Å². The molecule has 0 saturated carbocycles. The topological polar surface area (TPSA) is 30.7 Å². The zero-order chi connectivity index (χ0) is 9.90.